The van der Waals surface area contributed by atoms with Gasteiger partial charge in [-0.1, -0.05) is 62.2 Å². The monoisotopic (exact) mass is 585 g/mol. The van der Waals surface area contributed by atoms with Gasteiger partial charge in [0.15, 0.2) is 0 Å². The number of amides is 3. The van der Waals surface area contributed by atoms with Crippen molar-refractivity contribution < 1.29 is 42.9 Å². The summed E-state index contributed by atoms with van der Waals surface area (Å²) in [5, 5.41) is 5.19. The third kappa shape index (κ3) is 11.5. The zero-order valence-electron chi connectivity index (χ0n) is 24.1. The number of unbranched alkanes of at least 4 members (excludes halogenated alkanes) is 1. The van der Waals surface area contributed by atoms with Crippen molar-refractivity contribution in [3.63, 3.8) is 0 Å². The molecule has 0 aliphatic heterocycles. The Hall–Kier alpha value is -4.61. The highest BCUT2D eigenvalue weighted by Gasteiger charge is 2.32. The van der Waals surface area contributed by atoms with Gasteiger partial charge in [-0.2, -0.15) is 0 Å². The third-order valence-electron chi connectivity index (χ3n) is 5.95. The van der Waals surface area contributed by atoms with Crippen LogP contribution < -0.4 is 21.1 Å². The SMILES string of the molecule is CCCCC(NC(=O)C(Cc1ccc(OC(C(=O)OCC)C(=O)OCC)cc1)NC(=O)OCc1ccccc1)C(N)=O. The molecule has 0 aliphatic carbocycles. The van der Waals surface area contributed by atoms with Crippen LogP contribution in [0.5, 0.6) is 5.75 Å². The number of primary amides is 1. The molecule has 2 aromatic rings. The molecule has 0 fully saturated rings. The summed E-state index contributed by atoms with van der Waals surface area (Å²) in [6.07, 6.45) is -0.582. The van der Waals surface area contributed by atoms with Gasteiger partial charge in [-0.05, 0) is 43.5 Å². The molecule has 12 nitrogen and oxygen atoms in total. The van der Waals surface area contributed by atoms with Crippen molar-refractivity contribution in [2.24, 2.45) is 5.73 Å². The number of benzene rings is 2. The molecule has 0 spiro atoms. The van der Waals surface area contributed by atoms with Crippen LogP contribution in [0.25, 0.3) is 0 Å². The molecular weight excluding hydrogens is 546 g/mol. The number of hydrogen-bond acceptors (Lipinski definition) is 9. The summed E-state index contributed by atoms with van der Waals surface area (Å²) in [5.74, 6) is -2.89. The van der Waals surface area contributed by atoms with Crippen molar-refractivity contribution in [3.8, 4) is 5.75 Å². The maximum Gasteiger partial charge on any atom is 0.408 e. The first-order valence-electron chi connectivity index (χ1n) is 13.8. The zero-order chi connectivity index (χ0) is 30.9. The summed E-state index contributed by atoms with van der Waals surface area (Å²) in [6, 6.07) is 13.2. The smallest absolute Gasteiger partial charge is 0.408 e. The van der Waals surface area contributed by atoms with Gasteiger partial charge in [0.25, 0.3) is 6.10 Å². The van der Waals surface area contributed by atoms with Crippen LogP contribution in [-0.4, -0.2) is 61.2 Å². The van der Waals surface area contributed by atoms with Crippen molar-refractivity contribution in [3.05, 3.63) is 65.7 Å². The van der Waals surface area contributed by atoms with Crippen molar-refractivity contribution in [1.29, 1.82) is 0 Å². The van der Waals surface area contributed by atoms with E-state index in [1.54, 1.807) is 38.1 Å². The lowest BCUT2D eigenvalue weighted by molar-refractivity contribution is -0.166. The molecule has 0 aliphatic rings. The van der Waals surface area contributed by atoms with Gasteiger partial charge in [0.2, 0.25) is 11.8 Å². The molecule has 3 amide bonds. The Morgan fingerprint density at radius 3 is 1.93 bits per heavy atom. The fraction of sp³-hybridized carbons (Fsp3) is 0.433. The maximum absolute atomic E-state index is 13.2. The Labute approximate surface area is 245 Å². The Morgan fingerprint density at radius 1 is 0.762 bits per heavy atom. The van der Waals surface area contributed by atoms with Crippen LogP contribution >= 0.6 is 0 Å². The molecule has 0 heterocycles. The molecule has 228 valence electrons. The molecule has 0 radical (unpaired) electrons. The molecule has 2 unspecified atom stereocenters. The summed E-state index contributed by atoms with van der Waals surface area (Å²) < 4.78 is 20.6. The van der Waals surface area contributed by atoms with Crippen molar-refractivity contribution in [1.82, 2.24) is 10.6 Å². The highest BCUT2D eigenvalue weighted by molar-refractivity contribution is 5.98. The van der Waals surface area contributed by atoms with E-state index in [9.17, 15) is 24.0 Å². The van der Waals surface area contributed by atoms with E-state index in [2.05, 4.69) is 10.6 Å². The number of ether oxygens (including phenoxy) is 4. The van der Waals surface area contributed by atoms with Gasteiger partial charge in [-0.3, -0.25) is 9.59 Å². The summed E-state index contributed by atoms with van der Waals surface area (Å²) in [4.78, 5) is 62.2. The summed E-state index contributed by atoms with van der Waals surface area (Å²) in [7, 11) is 0. The lowest BCUT2D eigenvalue weighted by Crippen LogP contribution is -2.53. The molecule has 0 aromatic heterocycles. The Balaban J connectivity index is 2.17. The fourth-order valence-corrected chi connectivity index (χ4v) is 3.79. The molecule has 0 saturated carbocycles. The summed E-state index contributed by atoms with van der Waals surface area (Å²) >= 11 is 0. The number of alkyl carbamates (subject to hydrolysis) is 1. The minimum Gasteiger partial charge on any atom is -0.467 e. The second-order valence-electron chi connectivity index (χ2n) is 9.21. The van der Waals surface area contributed by atoms with Crippen LogP contribution in [0.3, 0.4) is 0 Å². The third-order valence-corrected chi connectivity index (χ3v) is 5.95. The molecule has 2 atom stereocenters. The first kappa shape index (κ1) is 33.6. The van der Waals surface area contributed by atoms with E-state index >= 15 is 0 Å². The van der Waals surface area contributed by atoms with Crippen molar-refractivity contribution in [2.45, 2.75) is 71.2 Å². The summed E-state index contributed by atoms with van der Waals surface area (Å²) in [5.41, 5.74) is 6.84. The average molecular weight is 586 g/mol. The standard InChI is InChI=1S/C30H39N3O9/c1-4-7-13-23(26(31)34)32-27(35)24(33-30(38)41-19-21-11-9-8-10-12-21)18-20-14-16-22(17-15-20)42-25(28(36)39-5-2)29(37)40-6-3/h8-12,14-17,23-25H,4-7,13,18-19H2,1-3H3,(H2,31,34)(H,32,35)(H,33,38). The molecule has 2 rings (SSSR count). The molecule has 42 heavy (non-hydrogen) atoms. The molecular formula is C30H39N3O9. The molecule has 2 aromatic carbocycles. The number of hydrogen-bond donors (Lipinski definition) is 3. The molecule has 4 N–H and O–H groups in total. The lowest BCUT2D eigenvalue weighted by Gasteiger charge is -2.22. The molecule has 12 heteroatoms. The second kappa shape index (κ2) is 17.9. The van der Waals surface area contributed by atoms with Crippen LogP contribution in [0.1, 0.15) is 51.2 Å². The number of esters is 2. The molecule has 0 saturated heterocycles. The maximum atomic E-state index is 13.2. The van der Waals surface area contributed by atoms with E-state index in [-0.39, 0.29) is 32.0 Å². The Kier molecular flexibility index (Phi) is 14.4. The highest BCUT2D eigenvalue weighted by Crippen LogP contribution is 2.17. The van der Waals surface area contributed by atoms with Gasteiger partial charge in [-0.25, -0.2) is 14.4 Å². The second-order valence-corrected chi connectivity index (χ2v) is 9.21. The van der Waals surface area contributed by atoms with E-state index in [1.807, 2.05) is 25.1 Å². The largest absolute Gasteiger partial charge is 0.467 e. The summed E-state index contributed by atoms with van der Waals surface area (Å²) in [6.45, 7) is 5.25. The average Bonchev–Trinajstić information content (AvgIpc) is 2.97. The molecule has 0 bridgehead atoms. The van der Waals surface area contributed by atoms with Gasteiger partial charge in [0.1, 0.15) is 24.4 Å². The van der Waals surface area contributed by atoms with E-state index in [0.717, 1.165) is 12.0 Å². The first-order chi connectivity index (χ1) is 20.2. The van der Waals surface area contributed by atoms with Crippen LogP contribution in [0, 0.1) is 0 Å². The van der Waals surface area contributed by atoms with Gasteiger partial charge in [0.05, 0.1) is 13.2 Å². The normalized spacial score (nSPS) is 12.0. The van der Waals surface area contributed by atoms with E-state index < -0.39 is 48.0 Å². The highest BCUT2D eigenvalue weighted by atomic mass is 16.6. The van der Waals surface area contributed by atoms with E-state index in [1.165, 1.54) is 12.1 Å². The van der Waals surface area contributed by atoms with Gasteiger partial charge in [-0.15, -0.1) is 0 Å². The number of rotatable bonds is 17. The first-order valence-corrected chi connectivity index (χ1v) is 13.8. The minimum atomic E-state index is -1.61. The van der Waals surface area contributed by atoms with E-state index in [4.69, 9.17) is 24.7 Å². The number of carbonyl (C=O) groups excluding carboxylic acids is 5. The predicted molar refractivity (Wildman–Crippen MR) is 152 cm³/mol. The van der Waals surface area contributed by atoms with Crippen LogP contribution in [0.4, 0.5) is 4.79 Å². The Morgan fingerprint density at radius 2 is 1.38 bits per heavy atom. The lowest BCUT2D eigenvalue weighted by atomic mass is 10.0. The fourth-order valence-electron chi connectivity index (χ4n) is 3.79. The zero-order valence-corrected chi connectivity index (χ0v) is 24.1. The topological polar surface area (TPSA) is 172 Å². The minimum absolute atomic E-state index is 0.00441. The Bertz CT molecular complexity index is 1150. The van der Waals surface area contributed by atoms with E-state index in [0.29, 0.717) is 18.4 Å². The van der Waals surface area contributed by atoms with Crippen LogP contribution in [0.15, 0.2) is 54.6 Å². The van der Waals surface area contributed by atoms with Crippen molar-refractivity contribution >= 4 is 29.8 Å². The quantitative estimate of drug-likeness (QED) is 0.143. The number of carbonyl (C=O) groups is 5. The van der Waals surface area contributed by atoms with Crippen LogP contribution in [-0.2, 0) is 46.4 Å². The van der Waals surface area contributed by atoms with Crippen molar-refractivity contribution in [2.75, 3.05) is 13.2 Å². The van der Waals surface area contributed by atoms with Crippen LogP contribution in [0.2, 0.25) is 0 Å². The predicted octanol–water partition coefficient (Wildman–Crippen LogP) is 2.56. The van der Waals surface area contributed by atoms with Gasteiger partial charge >= 0.3 is 18.0 Å². The number of nitrogens with one attached hydrogen (secondary N) is 2. The van der Waals surface area contributed by atoms with Gasteiger partial charge < -0.3 is 35.3 Å². The number of nitrogens with two attached hydrogens (primary N) is 1. The van der Waals surface area contributed by atoms with Gasteiger partial charge in [0, 0.05) is 6.42 Å².